The molecule has 0 aliphatic rings. The van der Waals surface area contributed by atoms with Crippen LogP contribution >= 0.6 is 23.8 Å². The number of nitrogens with one attached hydrogen (secondary N) is 2. The molecule has 0 atom stereocenters. The molecule has 2 aromatic heterocycles. The first-order chi connectivity index (χ1) is 13.1. The normalized spacial score (nSPS) is 11.1. The van der Waals surface area contributed by atoms with E-state index < -0.39 is 0 Å². The zero-order valence-electron chi connectivity index (χ0n) is 15.1. The van der Waals surface area contributed by atoms with E-state index in [4.69, 9.17) is 23.8 Å². The van der Waals surface area contributed by atoms with Crippen molar-refractivity contribution in [2.24, 2.45) is 0 Å². The number of benzene rings is 2. The Hall–Kier alpha value is -2.63. The maximum Gasteiger partial charge on any atom is 0.175 e. The summed E-state index contributed by atoms with van der Waals surface area (Å²) in [7, 11) is 0. The number of aryl methyl sites for hydroxylation is 2. The van der Waals surface area contributed by atoms with Gasteiger partial charge in [-0.2, -0.15) is 0 Å². The molecule has 4 aromatic rings. The highest BCUT2D eigenvalue weighted by atomic mass is 35.5. The van der Waals surface area contributed by atoms with Crippen LogP contribution in [0.3, 0.4) is 0 Å². The number of halogens is 1. The van der Waals surface area contributed by atoms with Crippen molar-refractivity contribution < 1.29 is 0 Å². The summed E-state index contributed by atoms with van der Waals surface area (Å²) in [5.74, 6) is 0. The monoisotopic (exact) mass is 394 g/mol. The molecule has 0 amide bonds. The van der Waals surface area contributed by atoms with Gasteiger partial charge in [0.2, 0.25) is 0 Å². The van der Waals surface area contributed by atoms with Crippen LogP contribution < -0.4 is 10.6 Å². The summed E-state index contributed by atoms with van der Waals surface area (Å²) in [5, 5.41) is 10.1. The van der Waals surface area contributed by atoms with Gasteiger partial charge in [0.05, 0.1) is 11.2 Å². The Balaban J connectivity index is 1.67. The third-order valence-electron chi connectivity index (χ3n) is 4.63. The van der Waals surface area contributed by atoms with Gasteiger partial charge >= 0.3 is 0 Å². The van der Waals surface area contributed by atoms with Crippen molar-refractivity contribution in [3.05, 3.63) is 65.4 Å². The van der Waals surface area contributed by atoms with Crippen LogP contribution in [0.4, 0.5) is 11.4 Å². The minimum Gasteiger partial charge on any atom is -0.339 e. The second-order valence-electron chi connectivity index (χ2n) is 6.35. The van der Waals surface area contributed by atoms with Crippen LogP contribution in [0.2, 0.25) is 5.02 Å². The van der Waals surface area contributed by atoms with Crippen molar-refractivity contribution in [3.63, 3.8) is 0 Å². The summed E-state index contributed by atoms with van der Waals surface area (Å²) in [5.41, 5.74) is 5.26. The van der Waals surface area contributed by atoms with Crippen LogP contribution in [0.5, 0.6) is 0 Å². The van der Waals surface area contributed by atoms with E-state index in [0.717, 1.165) is 23.6 Å². The van der Waals surface area contributed by atoms with Crippen LogP contribution in [0.1, 0.15) is 12.6 Å². The van der Waals surface area contributed by atoms with Gasteiger partial charge in [0.15, 0.2) is 5.11 Å². The predicted octanol–water partition coefficient (Wildman–Crippen LogP) is 5.98. The molecule has 6 heteroatoms. The molecule has 4 rings (SSSR count). The van der Waals surface area contributed by atoms with Gasteiger partial charge in [0.1, 0.15) is 0 Å². The Morgan fingerprint density at radius 1 is 1.04 bits per heavy atom. The molecule has 0 spiro atoms. The number of fused-ring (bicyclic) bond motifs is 3. The van der Waals surface area contributed by atoms with E-state index in [0.29, 0.717) is 10.1 Å². The SMILES string of the molecule is CCn1c2ccc(NC(=S)Nc3ccc(Cl)cc3)cc2c2ccnc(C)c21. The van der Waals surface area contributed by atoms with E-state index in [1.807, 2.05) is 36.5 Å². The Kier molecular flexibility index (Phi) is 4.72. The number of rotatable bonds is 3. The van der Waals surface area contributed by atoms with Crippen LogP contribution in [-0.2, 0) is 6.54 Å². The highest BCUT2D eigenvalue weighted by Crippen LogP contribution is 2.32. The molecule has 0 fully saturated rings. The first-order valence-electron chi connectivity index (χ1n) is 8.78. The molecule has 2 heterocycles. The van der Waals surface area contributed by atoms with Gasteiger partial charge < -0.3 is 15.2 Å². The van der Waals surface area contributed by atoms with E-state index in [-0.39, 0.29) is 0 Å². The first-order valence-corrected chi connectivity index (χ1v) is 9.56. The quantitative estimate of drug-likeness (QED) is 0.419. The molecule has 0 bridgehead atoms. The number of hydrogen-bond acceptors (Lipinski definition) is 2. The molecule has 136 valence electrons. The molecule has 4 nitrogen and oxygen atoms in total. The Labute approximate surface area is 168 Å². The maximum atomic E-state index is 5.92. The predicted molar refractivity (Wildman–Crippen MR) is 119 cm³/mol. The van der Waals surface area contributed by atoms with Crippen molar-refractivity contribution in [2.45, 2.75) is 20.4 Å². The highest BCUT2D eigenvalue weighted by Gasteiger charge is 2.12. The molecule has 0 aliphatic heterocycles. The number of nitrogens with zero attached hydrogens (tertiary/aromatic N) is 2. The fourth-order valence-corrected chi connectivity index (χ4v) is 3.82. The minimum atomic E-state index is 0.536. The summed E-state index contributed by atoms with van der Waals surface area (Å²) in [6.45, 7) is 5.11. The molecule has 2 N–H and O–H groups in total. The van der Waals surface area contributed by atoms with E-state index in [1.165, 1.54) is 21.8 Å². The van der Waals surface area contributed by atoms with Crippen molar-refractivity contribution in [3.8, 4) is 0 Å². The lowest BCUT2D eigenvalue weighted by atomic mass is 10.1. The second-order valence-corrected chi connectivity index (χ2v) is 7.20. The summed E-state index contributed by atoms with van der Waals surface area (Å²) < 4.78 is 2.31. The van der Waals surface area contributed by atoms with E-state index >= 15 is 0 Å². The number of aromatic nitrogens is 2. The summed E-state index contributed by atoms with van der Waals surface area (Å²) in [4.78, 5) is 4.46. The third kappa shape index (κ3) is 3.36. The Morgan fingerprint density at radius 2 is 1.74 bits per heavy atom. The molecule has 27 heavy (non-hydrogen) atoms. The maximum absolute atomic E-state index is 5.92. The van der Waals surface area contributed by atoms with Crippen molar-refractivity contribution in [1.82, 2.24) is 9.55 Å². The minimum absolute atomic E-state index is 0.536. The Bertz CT molecular complexity index is 1150. The van der Waals surface area contributed by atoms with Gasteiger partial charge in [-0.05, 0) is 74.6 Å². The van der Waals surface area contributed by atoms with E-state index in [1.54, 1.807) is 0 Å². The van der Waals surface area contributed by atoms with Gasteiger partial charge in [-0.25, -0.2) is 0 Å². The average Bonchev–Trinajstić information content (AvgIpc) is 2.98. The molecular formula is C21H19ClN4S. The summed E-state index contributed by atoms with van der Waals surface area (Å²) >= 11 is 11.4. The lowest BCUT2D eigenvalue weighted by Crippen LogP contribution is -2.18. The molecule has 0 saturated heterocycles. The van der Waals surface area contributed by atoms with Crippen molar-refractivity contribution >= 4 is 62.1 Å². The van der Waals surface area contributed by atoms with Gasteiger partial charge in [-0.3, -0.25) is 4.98 Å². The largest absolute Gasteiger partial charge is 0.339 e. The molecule has 0 saturated carbocycles. The standard InChI is InChI=1S/C21H19ClN4S/c1-3-26-19-9-8-16(12-18(19)17-10-11-23-13(2)20(17)26)25-21(27)24-15-6-4-14(22)5-7-15/h4-12H,3H2,1-2H3,(H2,24,25,27). The molecular weight excluding hydrogens is 376 g/mol. The molecule has 0 aliphatic carbocycles. The van der Waals surface area contributed by atoms with Crippen LogP contribution in [-0.4, -0.2) is 14.7 Å². The summed E-state index contributed by atoms with van der Waals surface area (Å²) in [6, 6.07) is 15.8. The van der Waals surface area contributed by atoms with Gasteiger partial charge in [-0.1, -0.05) is 11.6 Å². The molecule has 2 aromatic carbocycles. The van der Waals surface area contributed by atoms with E-state index in [9.17, 15) is 0 Å². The number of hydrogen-bond donors (Lipinski definition) is 2. The zero-order chi connectivity index (χ0) is 19.0. The first kappa shape index (κ1) is 17.8. The molecule has 0 unspecified atom stereocenters. The van der Waals surface area contributed by atoms with Crippen LogP contribution in [0.25, 0.3) is 21.8 Å². The van der Waals surface area contributed by atoms with E-state index in [2.05, 4.69) is 52.2 Å². The fourth-order valence-electron chi connectivity index (χ4n) is 3.46. The van der Waals surface area contributed by atoms with Crippen LogP contribution in [0, 0.1) is 6.92 Å². The third-order valence-corrected chi connectivity index (χ3v) is 5.09. The number of thiocarbonyl (C=S) groups is 1. The fraction of sp³-hybridized carbons (Fsp3) is 0.143. The number of pyridine rings is 1. The van der Waals surface area contributed by atoms with Crippen molar-refractivity contribution in [1.29, 1.82) is 0 Å². The highest BCUT2D eigenvalue weighted by molar-refractivity contribution is 7.80. The lowest BCUT2D eigenvalue weighted by molar-refractivity contribution is 0.822. The zero-order valence-corrected chi connectivity index (χ0v) is 16.7. The number of anilines is 2. The van der Waals surface area contributed by atoms with Crippen LogP contribution in [0.15, 0.2) is 54.7 Å². The van der Waals surface area contributed by atoms with Gasteiger partial charge in [0.25, 0.3) is 0 Å². The second kappa shape index (κ2) is 7.18. The summed E-state index contributed by atoms with van der Waals surface area (Å²) in [6.07, 6.45) is 1.87. The average molecular weight is 395 g/mol. The van der Waals surface area contributed by atoms with Crippen molar-refractivity contribution in [2.75, 3.05) is 10.6 Å². The Morgan fingerprint density at radius 3 is 2.48 bits per heavy atom. The smallest absolute Gasteiger partial charge is 0.175 e. The topological polar surface area (TPSA) is 41.9 Å². The van der Waals surface area contributed by atoms with Gasteiger partial charge in [0, 0.05) is 45.4 Å². The molecule has 0 radical (unpaired) electrons. The lowest BCUT2D eigenvalue weighted by Gasteiger charge is -2.11. The van der Waals surface area contributed by atoms with Gasteiger partial charge in [-0.15, -0.1) is 0 Å².